The topological polar surface area (TPSA) is 35.5 Å². The molecule has 1 aliphatic heterocycles. The van der Waals surface area contributed by atoms with E-state index in [1.54, 1.807) is 7.11 Å². The zero-order valence-electron chi connectivity index (χ0n) is 10.2. The van der Waals surface area contributed by atoms with E-state index in [1.807, 2.05) is 31.2 Å². The summed E-state index contributed by atoms with van der Waals surface area (Å²) in [6.45, 7) is 2.73. The van der Waals surface area contributed by atoms with Crippen LogP contribution in [0.2, 0.25) is 0 Å². The van der Waals surface area contributed by atoms with E-state index in [1.165, 1.54) is 0 Å². The second-order valence-electron chi connectivity index (χ2n) is 4.28. The summed E-state index contributed by atoms with van der Waals surface area (Å²) in [5.41, 5.74) is 1.06. The smallest absolute Gasteiger partial charge is 0.119 e. The third kappa shape index (κ3) is 3.07. The molecule has 0 unspecified atom stereocenters. The molecule has 2 rings (SSSR count). The van der Waals surface area contributed by atoms with E-state index in [0.29, 0.717) is 5.75 Å². The van der Waals surface area contributed by atoms with Crippen LogP contribution in [0, 0.1) is 0 Å². The molecular formula is C13H18O3S. The number of hydrogen-bond donors (Lipinski definition) is 0. The van der Waals surface area contributed by atoms with E-state index in [-0.39, 0.29) is 11.4 Å². The summed E-state index contributed by atoms with van der Waals surface area (Å²) in [7, 11) is 0.775. The second kappa shape index (κ2) is 5.65. The molecule has 0 saturated carbocycles. The molecule has 0 radical (unpaired) electrons. The lowest BCUT2D eigenvalue weighted by atomic mass is 10.2. The first-order valence-electron chi connectivity index (χ1n) is 5.82. The SMILES string of the molecule is COc1cccc(C[S@@](=O)[C@@H]2CCO[C@@H]2C)c1. The standard InChI is InChI=1S/C13H18O3S/c1-10-13(6-7-16-10)17(14)9-11-4-3-5-12(8-11)15-2/h3-5,8,10,13H,6-7,9H2,1-2H3/t10-,13-,17-/m1/s1. The normalized spacial score (nSPS) is 25.8. The van der Waals surface area contributed by atoms with Gasteiger partial charge in [-0.2, -0.15) is 0 Å². The van der Waals surface area contributed by atoms with Gasteiger partial charge in [0.1, 0.15) is 5.75 Å². The average molecular weight is 254 g/mol. The molecule has 3 nitrogen and oxygen atoms in total. The lowest BCUT2D eigenvalue weighted by Gasteiger charge is -2.13. The lowest BCUT2D eigenvalue weighted by molar-refractivity contribution is 0.127. The summed E-state index contributed by atoms with van der Waals surface area (Å²) in [6, 6.07) is 7.76. The number of hydrogen-bond acceptors (Lipinski definition) is 3. The van der Waals surface area contributed by atoms with Crippen LogP contribution < -0.4 is 4.74 Å². The zero-order valence-corrected chi connectivity index (χ0v) is 11.0. The Labute approximate surface area is 105 Å². The Hall–Kier alpha value is -0.870. The zero-order chi connectivity index (χ0) is 12.3. The van der Waals surface area contributed by atoms with Crippen LogP contribution in [0.4, 0.5) is 0 Å². The van der Waals surface area contributed by atoms with Gasteiger partial charge in [0, 0.05) is 23.2 Å². The molecule has 3 atom stereocenters. The summed E-state index contributed by atoms with van der Waals surface area (Å²) in [4.78, 5) is 0. The molecule has 1 aromatic carbocycles. The molecule has 4 heteroatoms. The largest absolute Gasteiger partial charge is 0.497 e. The van der Waals surface area contributed by atoms with Crippen LogP contribution in [-0.4, -0.2) is 29.3 Å². The second-order valence-corrected chi connectivity index (χ2v) is 5.94. The minimum atomic E-state index is -0.867. The summed E-state index contributed by atoms with van der Waals surface area (Å²) in [5.74, 6) is 1.39. The van der Waals surface area contributed by atoms with Gasteiger partial charge in [-0.1, -0.05) is 12.1 Å². The van der Waals surface area contributed by atoms with Crippen LogP contribution in [-0.2, 0) is 21.3 Å². The maximum atomic E-state index is 12.2. The first kappa shape index (κ1) is 12.6. The third-order valence-corrected chi connectivity index (χ3v) is 5.00. The Balaban J connectivity index is 2.02. The molecule has 1 heterocycles. The van der Waals surface area contributed by atoms with E-state index in [0.717, 1.165) is 24.3 Å². The summed E-state index contributed by atoms with van der Waals surface area (Å²) in [5, 5.41) is 0.168. The van der Waals surface area contributed by atoms with E-state index < -0.39 is 10.8 Å². The van der Waals surface area contributed by atoms with Crippen molar-refractivity contribution < 1.29 is 13.7 Å². The molecule has 1 aliphatic rings. The quantitative estimate of drug-likeness (QED) is 0.825. The molecular weight excluding hydrogens is 236 g/mol. The summed E-state index contributed by atoms with van der Waals surface area (Å²) < 4.78 is 22.8. The molecule has 0 aromatic heterocycles. The van der Waals surface area contributed by atoms with Gasteiger partial charge < -0.3 is 9.47 Å². The van der Waals surface area contributed by atoms with Crippen molar-refractivity contribution in [2.75, 3.05) is 13.7 Å². The maximum Gasteiger partial charge on any atom is 0.119 e. The fourth-order valence-electron chi connectivity index (χ4n) is 2.09. The maximum absolute atomic E-state index is 12.2. The van der Waals surface area contributed by atoms with Crippen LogP contribution in [0.5, 0.6) is 5.75 Å². The molecule has 0 bridgehead atoms. The average Bonchev–Trinajstić information content (AvgIpc) is 2.76. The van der Waals surface area contributed by atoms with Crippen molar-refractivity contribution in [3.05, 3.63) is 29.8 Å². The van der Waals surface area contributed by atoms with Crippen molar-refractivity contribution in [2.45, 2.75) is 30.5 Å². The minimum Gasteiger partial charge on any atom is -0.497 e. The van der Waals surface area contributed by atoms with Crippen molar-refractivity contribution in [2.24, 2.45) is 0 Å². The van der Waals surface area contributed by atoms with E-state index in [4.69, 9.17) is 9.47 Å². The molecule has 17 heavy (non-hydrogen) atoms. The Bertz CT molecular complexity index is 405. The van der Waals surface area contributed by atoms with Crippen molar-refractivity contribution in [3.63, 3.8) is 0 Å². The molecule has 0 aliphatic carbocycles. The van der Waals surface area contributed by atoms with Crippen LogP contribution in [0.3, 0.4) is 0 Å². The van der Waals surface area contributed by atoms with Gasteiger partial charge in [-0.15, -0.1) is 0 Å². The first-order valence-corrected chi connectivity index (χ1v) is 7.20. The molecule has 0 spiro atoms. The summed E-state index contributed by atoms with van der Waals surface area (Å²) in [6.07, 6.45) is 1.01. The van der Waals surface area contributed by atoms with E-state index >= 15 is 0 Å². The van der Waals surface area contributed by atoms with Crippen LogP contribution >= 0.6 is 0 Å². The Morgan fingerprint density at radius 3 is 3.00 bits per heavy atom. The van der Waals surface area contributed by atoms with Crippen LogP contribution in [0.25, 0.3) is 0 Å². The van der Waals surface area contributed by atoms with Crippen LogP contribution in [0.1, 0.15) is 18.9 Å². The monoisotopic (exact) mass is 254 g/mol. The molecule has 0 N–H and O–H groups in total. The molecule has 1 saturated heterocycles. The Kier molecular flexibility index (Phi) is 4.18. The number of benzene rings is 1. The van der Waals surface area contributed by atoms with Crippen molar-refractivity contribution in [1.29, 1.82) is 0 Å². The molecule has 0 amide bonds. The highest BCUT2D eigenvalue weighted by atomic mass is 32.2. The molecule has 1 aromatic rings. The number of rotatable bonds is 4. The van der Waals surface area contributed by atoms with Gasteiger partial charge in [0.2, 0.25) is 0 Å². The van der Waals surface area contributed by atoms with E-state index in [9.17, 15) is 4.21 Å². The highest BCUT2D eigenvalue weighted by molar-refractivity contribution is 7.84. The predicted octanol–water partition coefficient (Wildman–Crippen LogP) is 2.12. The van der Waals surface area contributed by atoms with Crippen molar-refractivity contribution in [3.8, 4) is 5.75 Å². The predicted molar refractivity (Wildman–Crippen MR) is 68.7 cm³/mol. The van der Waals surface area contributed by atoms with Gasteiger partial charge in [0.25, 0.3) is 0 Å². The van der Waals surface area contributed by atoms with Gasteiger partial charge in [-0.25, -0.2) is 0 Å². The Morgan fingerprint density at radius 2 is 2.35 bits per heavy atom. The number of methoxy groups -OCH3 is 1. The highest BCUT2D eigenvalue weighted by Crippen LogP contribution is 2.22. The minimum absolute atomic E-state index is 0.112. The first-order chi connectivity index (χ1) is 8.20. The van der Waals surface area contributed by atoms with Gasteiger partial charge in [0.15, 0.2) is 0 Å². The Morgan fingerprint density at radius 1 is 1.53 bits per heavy atom. The molecule has 1 fully saturated rings. The fourth-order valence-corrected chi connectivity index (χ4v) is 3.68. The fraction of sp³-hybridized carbons (Fsp3) is 0.538. The lowest BCUT2D eigenvalue weighted by Crippen LogP contribution is -2.24. The summed E-state index contributed by atoms with van der Waals surface area (Å²) >= 11 is 0. The van der Waals surface area contributed by atoms with Crippen molar-refractivity contribution >= 4 is 10.8 Å². The van der Waals surface area contributed by atoms with Crippen molar-refractivity contribution in [1.82, 2.24) is 0 Å². The van der Waals surface area contributed by atoms with Gasteiger partial charge >= 0.3 is 0 Å². The molecule has 94 valence electrons. The van der Waals surface area contributed by atoms with Gasteiger partial charge in [-0.3, -0.25) is 4.21 Å². The number of ether oxygens (including phenoxy) is 2. The van der Waals surface area contributed by atoms with Crippen LogP contribution in [0.15, 0.2) is 24.3 Å². The third-order valence-electron chi connectivity index (χ3n) is 3.09. The van der Waals surface area contributed by atoms with Gasteiger partial charge in [0.05, 0.1) is 18.5 Å². The van der Waals surface area contributed by atoms with E-state index in [2.05, 4.69) is 0 Å². The highest BCUT2D eigenvalue weighted by Gasteiger charge is 2.29. The van der Waals surface area contributed by atoms with Gasteiger partial charge in [-0.05, 0) is 31.0 Å².